The van der Waals surface area contributed by atoms with E-state index in [1.165, 1.54) is 0 Å². The van der Waals surface area contributed by atoms with Gasteiger partial charge in [-0.15, -0.1) is 0 Å². The van der Waals surface area contributed by atoms with Crippen LogP contribution in [-0.4, -0.2) is 42.8 Å². The predicted octanol–water partition coefficient (Wildman–Crippen LogP) is 1.85. The smallest absolute Gasteiger partial charge is 0.410 e. The van der Waals surface area contributed by atoms with Gasteiger partial charge in [0.2, 0.25) is 0 Å². The van der Waals surface area contributed by atoms with Gasteiger partial charge >= 0.3 is 6.09 Å². The first-order chi connectivity index (χ1) is 7.31. The quantitative estimate of drug-likeness (QED) is 0.784. The van der Waals surface area contributed by atoms with Crippen molar-refractivity contribution < 1.29 is 9.53 Å². The van der Waals surface area contributed by atoms with Gasteiger partial charge < -0.3 is 15.0 Å². The summed E-state index contributed by atoms with van der Waals surface area (Å²) in [6.45, 7) is 9.80. The molecule has 1 rings (SSSR count). The van der Waals surface area contributed by atoms with Crippen LogP contribution in [0, 0.1) is 5.92 Å². The van der Waals surface area contributed by atoms with Gasteiger partial charge in [0, 0.05) is 13.1 Å². The normalized spacial score (nSPS) is 22.9. The number of hydrogen-bond donors (Lipinski definition) is 1. The number of nitrogens with zero attached hydrogens (tertiary/aromatic N) is 1. The summed E-state index contributed by atoms with van der Waals surface area (Å²) >= 11 is 0. The topological polar surface area (TPSA) is 41.6 Å². The molecule has 0 aromatic carbocycles. The summed E-state index contributed by atoms with van der Waals surface area (Å²) in [6.07, 6.45) is 0.904. The van der Waals surface area contributed by atoms with Crippen LogP contribution in [0.3, 0.4) is 0 Å². The van der Waals surface area contributed by atoms with Gasteiger partial charge in [-0.2, -0.15) is 0 Å². The van der Waals surface area contributed by atoms with Gasteiger partial charge in [0.05, 0.1) is 0 Å². The Morgan fingerprint density at radius 2 is 2.12 bits per heavy atom. The first-order valence-electron chi connectivity index (χ1n) is 5.98. The number of nitrogens with one attached hydrogen (secondary N) is 1. The van der Waals surface area contributed by atoms with Crippen LogP contribution in [0.25, 0.3) is 0 Å². The third kappa shape index (κ3) is 3.67. The molecule has 16 heavy (non-hydrogen) atoms. The van der Waals surface area contributed by atoms with Crippen molar-refractivity contribution in [2.75, 3.05) is 20.1 Å². The molecule has 0 bridgehead atoms. The second-order valence-electron chi connectivity index (χ2n) is 5.58. The molecule has 0 aliphatic carbocycles. The number of carbonyl (C=O) groups excluding carboxylic acids is 1. The number of hydrogen-bond acceptors (Lipinski definition) is 3. The lowest BCUT2D eigenvalue weighted by atomic mass is 10.00. The highest BCUT2D eigenvalue weighted by molar-refractivity contribution is 5.68. The SMILES string of the molecule is C[C@H]([C@@H]1CCNC1)N(C)C(=O)OC(C)(C)C. The van der Waals surface area contributed by atoms with E-state index in [1.54, 1.807) is 4.90 Å². The monoisotopic (exact) mass is 228 g/mol. The van der Waals surface area contributed by atoms with Crippen LogP contribution in [0.1, 0.15) is 34.1 Å². The minimum absolute atomic E-state index is 0.227. The van der Waals surface area contributed by atoms with Crippen molar-refractivity contribution in [3.8, 4) is 0 Å². The molecule has 4 heteroatoms. The summed E-state index contributed by atoms with van der Waals surface area (Å²) in [7, 11) is 1.82. The summed E-state index contributed by atoms with van der Waals surface area (Å²) in [5.74, 6) is 0.539. The van der Waals surface area contributed by atoms with Crippen LogP contribution in [0.5, 0.6) is 0 Å². The van der Waals surface area contributed by atoms with E-state index in [1.807, 2.05) is 27.8 Å². The predicted molar refractivity (Wildman–Crippen MR) is 64.4 cm³/mol. The van der Waals surface area contributed by atoms with Gasteiger partial charge in [0.25, 0.3) is 0 Å². The molecule has 0 aromatic rings. The molecule has 2 atom stereocenters. The fourth-order valence-electron chi connectivity index (χ4n) is 1.91. The van der Waals surface area contributed by atoms with Crippen LogP contribution < -0.4 is 5.32 Å². The van der Waals surface area contributed by atoms with E-state index >= 15 is 0 Å². The van der Waals surface area contributed by atoms with Crippen molar-refractivity contribution in [2.24, 2.45) is 5.92 Å². The fourth-order valence-corrected chi connectivity index (χ4v) is 1.91. The van der Waals surface area contributed by atoms with E-state index in [-0.39, 0.29) is 12.1 Å². The van der Waals surface area contributed by atoms with Crippen molar-refractivity contribution in [3.05, 3.63) is 0 Å². The molecule has 1 N–H and O–H groups in total. The van der Waals surface area contributed by atoms with E-state index < -0.39 is 5.60 Å². The summed E-state index contributed by atoms with van der Waals surface area (Å²) < 4.78 is 5.35. The Morgan fingerprint density at radius 3 is 2.56 bits per heavy atom. The zero-order valence-electron chi connectivity index (χ0n) is 11.0. The standard InChI is InChI=1S/C12H24N2O2/c1-9(10-6-7-13-8-10)14(5)11(15)16-12(2,3)4/h9-10,13H,6-8H2,1-5H3/t9-,10-/m1/s1. The average molecular weight is 228 g/mol. The second kappa shape index (κ2) is 5.04. The molecule has 0 unspecified atom stereocenters. The van der Waals surface area contributed by atoms with Gasteiger partial charge in [-0.3, -0.25) is 0 Å². The van der Waals surface area contributed by atoms with Crippen molar-refractivity contribution in [1.82, 2.24) is 10.2 Å². The van der Waals surface area contributed by atoms with Crippen LogP contribution >= 0.6 is 0 Å². The van der Waals surface area contributed by atoms with E-state index in [4.69, 9.17) is 4.74 Å². The van der Waals surface area contributed by atoms with E-state index in [0.717, 1.165) is 19.5 Å². The first kappa shape index (κ1) is 13.3. The molecule has 1 fully saturated rings. The second-order valence-corrected chi connectivity index (χ2v) is 5.58. The van der Waals surface area contributed by atoms with E-state index in [0.29, 0.717) is 5.92 Å². The summed E-state index contributed by atoms with van der Waals surface area (Å²) in [4.78, 5) is 13.6. The van der Waals surface area contributed by atoms with Crippen molar-refractivity contribution in [1.29, 1.82) is 0 Å². The Kier molecular flexibility index (Phi) is 4.19. The van der Waals surface area contributed by atoms with Crippen molar-refractivity contribution in [3.63, 3.8) is 0 Å². The van der Waals surface area contributed by atoms with Crippen LogP contribution in [0.4, 0.5) is 4.79 Å². The van der Waals surface area contributed by atoms with Gasteiger partial charge in [-0.25, -0.2) is 4.79 Å². The number of rotatable bonds is 2. The van der Waals surface area contributed by atoms with Gasteiger partial charge in [-0.1, -0.05) is 0 Å². The van der Waals surface area contributed by atoms with E-state index in [9.17, 15) is 4.79 Å². The highest BCUT2D eigenvalue weighted by atomic mass is 16.6. The molecule has 0 aromatic heterocycles. The van der Waals surface area contributed by atoms with E-state index in [2.05, 4.69) is 12.2 Å². The largest absolute Gasteiger partial charge is 0.444 e. The number of ether oxygens (including phenoxy) is 1. The molecule has 1 heterocycles. The molecule has 1 amide bonds. The number of carbonyl (C=O) groups is 1. The Hall–Kier alpha value is -0.770. The zero-order valence-corrected chi connectivity index (χ0v) is 11.0. The third-order valence-electron chi connectivity index (χ3n) is 3.07. The average Bonchev–Trinajstić information content (AvgIpc) is 2.65. The summed E-state index contributed by atoms with van der Waals surface area (Å²) in [5, 5.41) is 3.32. The molecule has 1 saturated heterocycles. The minimum Gasteiger partial charge on any atom is -0.444 e. The maximum Gasteiger partial charge on any atom is 0.410 e. The fraction of sp³-hybridized carbons (Fsp3) is 0.917. The molecule has 4 nitrogen and oxygen atoms in total. The zero-order chi connectivity index (χ0) is 12.3. The summed E-state index contributed by atoms with van der Waals surface area (Å²) in [5.41, 5.74) is -0.418. The van der Waals surface area contributed by atoms with Gasteiger partial charge in [0.1, 0.15) is 5.60 Å². The van der Waals surface area contributed by atoms with Gasteiger partial charge in [0.15, 0.2) is 0 Å². The maximum atomic E-state index is 11.8. The molecule has 0 saturated carbocycles. The number of amides is 1. The molecule has 0 radical (unpaired) electrons. The Balaban J connectivity index is 2.49. The van der Waals surface area contributed by atoms with Gasteiger partial charge in [-0.05, 0) is 53.1 Å². The molecular formula is C12H24N2O2. The molecule has 1 aliphatic heterocycles. The lowest BCUT2D eigenvalue weighted by Gasteiger charge is -2.31. The van der Waals surface area contributed by atoms with Crippen molar-refractivity contribution in [2.45, 2.75) is 45.8 Å². The highest BCUT2D eigenvalue weighted by Crippen LogP contribution is 2.19. The Morgan fingerprint density at radius 1 is 1.50 bits per heavy atom. The molecule has 0 spiro atoms. The Bertz CT molecular complexity index is 242. The lowest BCUT2D eigenvalue weighted by molar-refractivity contribution is 0.0192. The minimum atomic E-state index is -0.418. The van der Waals surface area contributed by atoms with Crippen LogP contribution in [0.15, 0.2) is 0 Å². The van der Waals surface area contributed by atoms with Crippen LogP contribution in [-0.2, 0) is 4.74 Å². The van der Waals surface area contributed by atoms with Crippen LogP contribution in [0.2, 0.25) is 0 Å². The summed E-state index contributed by atoms with van der Waals surface area (Å²) in [6, 6.07) is 0.227. The lowest BCUT2D eigenvalue weighted by Crippen LogP contribution is -2.43. The molecular weight excluding hydrogens is 204 g/mol. The molecule has 1 aliphatic rings. The third-order valence-corrected chi connectivity index (χ3v) is 3.07. The maximum absolute atomic E-state index is 11.8. The first-order valence-corrected chi connectivity index (χ1v) is 5.98. The van der Waals surface area contributed by atoms with Crippen molar-refractivity contribution >= 4 is 6.09 Å². The Labute approximate surface area is 98.3 Å². The highest BCUT2D eigenvalue weighted by Gasteiger charge is 2.29. The molecule has 94 valence electrons.